The average molecular weight is 181 g/mol. The van der Waals surface area contributed by atoms with Gasteiger partial charge in [0.2, 0.25) is 0 Å². The van der Waals surface area contributed by atoms with E-state index >= 15 is 0 Å². The number of benzene rings is 1. The highest BCUT2D eigenvalue weighted by Crippen LogP contribution is 2.14. The second-order valence-corrected chi connectivity index (χ2v) is 2.58. The highest BCUT2D eigenvalue weighted by Gasteiger charge is 2.07. The first kappa shape index (κ1) is 8.63. The maximum absolute atomic E-state index is 10.6. The molecule has 0 aliphatic rings. The second-order valence-electron chi connectivity index (χ2n) is 2.14. The Hall–Kier alpha value is -1.46. The summed E-state index contributed by atoms with van der Waals surface area (Å²) in [7, 11) is 0. The van der Waals surface area contributed by atoms with Gasteiger partial charge in [0, 0.05) is 10.6 Å². The standard InChI is InChI=1S/C9H5ClO2/c1-2-6-5-7(10)3-4-8(6)9(11)12/h1,3-5H,(H,11,12). The fraction of sp³-hybridized carbons (Fsp3) is 0. The van der Waals surface area contributed by atoms with Crippen molar-refractivity contribution in [2.24, 2.45) is 0 Å². The highest BCUT2D eigenvalue weighted by atomic mass is 35.5. The largest absolute Gasteiger partial charge is 0.478 e. The van der Waals surface area contributed by atoms with Crippen molar-refractivity contribution in [3.05, 3.63) is 34.3 Å². The van der Waals surface area contributed by atoms with Crippen LogP contribution in [-0.4, -0.2) is 11.1 Å². The minimum Gasteiger partial charge on any atom is -0.478 e. The molecule has 1 aromatic carbocycles. The zero-order valence-electron chi connectivity index (χ0n) is 6.04. The van der Waals surface area contributed by atoms with E-state index in [1.165, 1.54) is 18.2 Å². The number of aromatic carboxylic acids is 1. The summed E-state index contributed by atoms with van der Waals surface area (Å²) in [6, 6.07) is 4.33. The van der Waals surface area contributed by atoms with Crippen LogP contribution in [0.25, 0.3) is 0 Å². The summed E-state index contributed by atoms with van der Waals surface area (Å²) in [6.07, 6.45) is 5.09. The quantitative estimate of drug-likeness (QED) is 0.672. The van der Waals surface area contributed by atoms with Gasteiger partial charge in [-0.1, -0.05) is 17.5 Å². The summed E-state index contributed by atoms with van der Waals surface area (Å²) < 4.78 is 0. The van der Waals surface area contributed by atoms with E-state index in [2.05, 4.69) is 5.92 Å². The number of rotatable bonds is 1. The van der Waals surface area contributed by atoms with Crippen LogP contribution in [-0.2, 0) is 0 Å². The lowest BCUT2D eigenvalue weighted by molar-refractivity contribution is 0.0696. The molecule has 0 aromatic heterocycles. The van der Waals surface area contributed by atoms with E-state index in [1.807, 2.05) is 0 Å². The highest BCUT2D eigenvalue weighted by molar-refractivity contribution is 6.30. The number of carboxylic acids is 1. The zero-order valence-corrected chi connectivity index (χ0v) is 6.80. The van der Waals surface area contributed by atoms with Gasteiger partial charge in [-0.25, -0.2) is 4.79 Å². The average Bonchev–Trinajstić information content (AvgIpc) is 2.03. The summed E-state index contributed by atoms with van der Waals surface area (Å²) in [4.78, 5) is 10.6. The van der Waals surface area contributed by atoms with Crippen molar-refractivity contribution in [2.75, 3.05) is 0 Å². The number of hydrogen-bond acceptors (Lipinski definition) is 1. The van der Waals surface area contributed by atoms with Crippen molar-refractivity contribution in [2.45, 2.75) is 0 Å². The van der Waals surface area contributed by atoms with E-state index in [1.54, 1.807) is 0 Å². The molecule has 1 aromatic rings. The molecule has 0 unspecified atom stereocenters. The summed E-state index contributed by atoms with van der Waals surface area (Å²) >= 11 is 5.61. The molecular formula is C9H5ClO2. The van der Waals surface area contributed by atoms with Crippen LogP contribution in [0.3, 0.4) is 0 Å². The molecule has 0 fully saturated rings. The van der Waals surface area contributed by atoms with Crippen molar-refractivity contribution in [1.82, 2.24) is 0 Å². The third kappa shape index (κ3) is 1.58. The molecule has 3 heteroatoms. The van der Waals surface area contributed by atoms with Gasteiger partial charge in [0.25, 0.3) is 0 Å². The van der Waals surface area contributed by atoms with Crippen molar-refractivity contribution in [3.8, 4) is 12.3 Å². The predicted molar refractivity (Wildman–Crippen MR) is 46.3 cm³/mol. The molecule has 0 saturated heterocycles. The Bertz CT molecular complexity index is 363. The van der Waals surface area contributed by atoms with Gasteiger partial charge in [-0.15, -0.1) is 6.42 Å². The van der Waals surface area contributed by atoms with Crippen molar-refractivity contribution >= 4 is 17.6 Å². The molecule has 0 aliphatic carbocycles. The van der Waals surface area contributed by atoms with Gasteiger partial charge in [0.1, 0.15) is 0 Å². The lowest BCUT2D eigenvalue weighted by Crippen LogP contribution is -1.99. The smallest absolute Gasteiger partial charge is 0.336 e. The second kappa shape index (κ2) is 3.29. The first-order valence-electron chi connectivity index (χ1n) is 3.14. The Balaban J connectivity index is 3.32. The van der Waals surface area contributed by atoms with Gasteiger partial charge < -0.3 is 5.11 Å². The predicted octanol–water partition coefficient (Wildman–Crippen LogP) is 2.02. The molecule has 1 rings (SSSR count). The third-order valence-corrected chi connectivity index (χ3v) is 1.60. The molecule has 2 nitrogen and oxygen atoms in total. The molecule has 0 atom stereocenters. The number of halogens is 1. The topological polar surface area (TPSA) is 37.3 Å². The van der Waals surface area contributed by atoms with Gasteiger partial charge in [0.15, 0.2) is 0 Å². The van der Waals surface area contributed by atoms with Crippen LogP contribution in [0.5, 0.6) is 0 Å². The molecular weight excluding hydrogens is 176 g/mol. The number of hydrogen-bond donors (Lipinski definition) is 1. The van der Waals surface area contributed by atoms with E-state index in [0.717, 1.165) is 0 Å². The maximum atomic E-state index is 10.6. The minimum atomic E-state index is -1.04. The summed E-state index contributed by atoms with van der Waals surface area (Å²) in [5.41, 5.74) is 0.400. The Labute approximate surface area is 74.8 Å². The van der Waals surface area contributed by atoms with Crippen molar-refractivity contribution in [3.63, 3.8) is 0 Å². The van der Waals surface area contributed by atoms with Crippen LogP contribution in [0.2, 0.25) is 5.02 Å². The number of terminal acetylenes is 1. The first-order valence-corrected chi connectivity index (χ1v) is 3.52. The lowest BCUT2D eigenvalue weighted by atomic mass is 10.1. The SMILES string of the molecule is C#Cc1cc(Cl)ccc1C(=O)O. The van der Waals surface area contributed by atoms with Gasteiger partial charge in [-0.05, 0) is 18.2 Å². The zero-order chi connectivity index (χ0) is 9.14. The molecule has 0 radical (unpaired) electrons. The summed E-state index contributed by atoms with van der Waals surface area (Å²) in [6.45, 7) is 0. The molecule has 0 aliphatic heterocycles. The Morgan fingerprint density at radius 1 is 1.58 bits per heavy atom. The molecule has 12 heavy (non-hydrogen) atoms. The Morgan fingerprint density at radius 2 is 2.25 bits per heavy atom. The Kier molecular flexibility index (Phi) is 2.37. The van der Waals surface area contributed by atoms with Gasteiger partial charge in [0.05, 0.1) is 5.56 Å². The van der Waals surface area contributed by atoms with Crippen LogP contribution in [0.1, 0.15) is 15.9 Å². The molecule has 60 valence electrons. The number of carbonyl (C=O) groups is 1. The fourth-order valence-corrected chi connectivity index (χ4v) is 0.994. The normalized spacial score (nSPS) is 9.00. The minimum absolute atomic E-state index is 0.0990. The molecule has 0 saturated carbocycles. The van der Waals surface area contributed by atoms with E-state index in [4.69, 9.17) is 23.1 Å². The number of carboxylic acid groups (broad SMARTS) is 1. The molecule has 0 heterocycles. The molecule has 0 bridgehead atoms. The lowest BCUT2D eigenvalue weighted by Gasteiger charge is -1.98. The first-order chi connectivity index (χ1) is 5.65. The van der Waals surface area contributed by atoms with Gasteiger partial charge in [-0.3, -0.25) is 0 Å². The maximum Gasteiger partial charge on any atom is 0.336 e. The van der Waals surface area contributed by atoms with E-state index in [0.29, 0.717) is 10.6 Å². The monoisotopic (exact) mass is 180 g/mol. The van der Waals surface area contributed by atoms with Crippen molar-refractivity contribution < 1.29 is 9.90 Å². The third-order valence-electron chi connectivity index (χ3n) is 1.37. The molecule has 0 amide bonds. The summed E-state index contributed by atoms with van der Waals surface area (Å²) in [5.74, 6) is 1.21. The van der Waals surface area contributed by atoms with E-state index < -0.39 is 5.97 Å². The van der Waals surface area contributed by atoms with Crippen molar-refractivity contribution in [1.29, 1.82) is 0 Å². The van der Waals surface area contributed by atoms with Gasteiger partial charge >= 0.3 is 5.97 Å². The molecule has 1 N–H and O–H groups in total. The van der Waals surface area contributed by atoms with Crippen LogP contribution in [0.4, 0.5) is 0 Å². The Morgan fingerprint density at radius 3 is 2.75 bits per heavy atom. The van der Waals surface area contributed by atoms with Crippen LogP contribution < -0.4 is 0 Å². The molecule has 0 spiro atoms. The van der Waals surface area contributed by atoms with Gasteiger partial charge in [-0.2, -0.15) is 0 Å². The van der Waals surface area contributed by atoms with Crippen LogP contribution in [0, 0.1) is 12.3 Å². The van der Waals surface area contributed by atoms with E-state index in [-0.39, 0.29) is 5.56 Å². The summed E-state index contributed by atoms with van der Waals surface area (Å²) in [5, 5.41) is 9.09. The van der Waals surface area contributed by atoms with Crippen LogP contribution in [0.15, 0.2) is 18.2 Å². The van der Waals surface area contributed by atoms with Crippen LogP contribution >= 0.6 is 11.6 Å². The fourth-order valence-electron chi connectivity index (χ4n) is 0.822. The van der Waals surface area contributed by atoms with E-state index in [9.17, 15) is 4.79 Å².